The molecule has 1 aliphatic rings. The maximum Gasteiger partial charge on any atom is 0.421 e. The van der Waals surface area contributed by atoms with E-state index in [9.17, 15) is 10.1 Å². The molecular weight excluding hydrogens is 264 g/mol. The quantitative estimate of drug-likeness (QED) is 0.799. The highest BCUT2D eigenvalue weighted by Gasteiger charge is 2.29. The molecule has 0 bridgehead atoms. The largest absolute Gasteiger partial charge is 0.421 e. The Balaban J connectivity index is 1.93. The molecule has 102 valence electrons. The van der Waals surface area contributed by atoms with E-state index in [1.54, 1.807) is 36.4 Å². The normalized spacial score (nSPS) is 16.0. The van der Waals surface area contributed by atoms with Gasteiger partial charge in [0.2, 0.25) is 0 Å². The Hall–Kier alpha value is -3.06. The van der Waals surface area contributed by atoms with Gasteiger partial charge in [0.15, 0.2) is 0 Å². The summed E-state index contributed by atoms with van der Waals surface area (Å²) in [6.45, 7) is 0. The van der Waals surface area contributed by atoms with Crippen molar-refractivity contribution < 1.29 is 9.53 Å². The molecule has 1 heterocycles. The topological polar surface area (TPSA) is 53.3 Å². The van der Waals surface area contributed by atoms with Crippen LogP contribution in [-0.4, -0.2) is 12.1 Å². The maximum atomic E-state index is 12.4. The number of anilines is 1. The van der Waals surface area contributed by atoms with E-state index in [0.29, 0.717) is 11.4 Å². The third-order valence-electron chi connectivity index (χ3n) is 3.21. The van der Waals surface area contributed by atoms with Crippen LogP contribution in [0.3, 0.4) is 0 Å². The summed E-state index contributed by atoms with van der Waals surface area (Å²) in [5.74, 6) is 0.450. The van der Waals surface area contributed by atoms with Gasteiger partial charge in [0.25, 0.3) is 0 Å². The highest BCUT2D eigenvalue weighted by atomic mass is 16.6. The first kappa shape index (κ1) is 12.9. The minimum Gasteiger partial charge on any atom is -0.410 e. The average molecular weight is 276 g/mol. The lowest BCUT2D eigenvalue weighted by Gasteiger charge is -2.29. The van der Waals surface area contributed by atoms with Crippen LogP contribution in [0, 0.1) is 11.3 Å². The van der Waals surface area contributed by atoms with Crippen molar-refractivity contribution in [2.24, 2.45) is 0 Å². The number of benzene rings is 2. The number of nitriles is 1. The summed E-state index contributed by atoms with van der Waals surface area (Å²) in [4.78, 5) is 13.8. The maximum absolute atomic E-state index is 12.4. The van der Waals surface area contributed by atoms with Crippen molar-refractivity contribution >= 4 is 17.9 Å². The molecule has 0 saturated carbocycles. The summed E-state index contributed by atoms with van der Waals surface area (Å²) in [5.41, 5.74) is 1.56. The van der Waals surface area contributed by atoms with Crippen LogP contribution < -0.4 is 9.64 Å². The Kier molecular flexibility index (Phi) is 3.40. The van der Waals surface area contributed by atoms with Gasteiger partial charge in [-0.2, -0.15) is 5.26 Å². The molecule has 2 aromatic rings. The van der Waals surface area contributed by atoms with Gasteiger partial charge in [0.05, 0.1) is 11.8 Å². The highest BCUT2D eigenvalue weighted by Crippen LogP contribution is 2.29. The van der Waals surface area contributed by atoms with Gasteiger partial charge in [0, 0.05) is 0 Å². The van der Waals surface area contributed by atoms with Crippen LogP contribution >= 0.6 is 0 Å². The number of para-hydroxylation sites is 2. The van der Waals surface area contributed by atoms with Gasteiger partial charge >= 0.3 is 6.09 Å². The minimum atomic E-state index is -0.670. The molecule has 4 heteroatoms. The van der Waals surface area contributed by atoms with Crippen LogP contribution in [0.25, 0.3) is 6.08 Å². The molecule has 1 unspecified atom stereocenters. The molecule has 21 heavy (non-hydrogen) atoms. The Morgan fingerprint density at radius 1 is 1.10 bits per heavy atom. The summed E-state index contributed by atoms with van der Waals surface area (Å²) in [5, 5.41) is 9.25. The number of ether oxygens (including phenoxy) is 1. The summed E-state index contributed by atoms with van der Waals surface area (Å²) in [7, 11) is 0. The van der Waals surface area contributed by atoms with Crippen LogP contribution in [0.15, 0.2) is 60.7 Å². The van der Waals surface area contributed by atoms with Crippen molar-refractivity contribution in [3.05, 3.63) is 66.2 Å². The molecule has 1 atom stereocenters. The van der Waals surface area contributed by atoms with Crippen LogP contribution in [0.2, 0.25) is 0 Å². The SMILES string of the molecule is N#CC1C=Cc2ccccc2N1C(=O)Oc1ccccc1. The van der Waals surface area contributed by atoms with Crippen molar-refractivity contribution in [1.29, 1.82) is 5.26 Å². The van der Waals surface area contributed by atoms with Crippen LogP contribution in [0.5, 0.6) is 5.75 Å². The predicted octanol–water partition coefficient (Wildman–Crippen LogP) is 3.61. The molecule has 0 fully saturated rings. The second-order valence-electron chi connectivity index (χ2n) is 4.54. The molecule has 0 radical (unpaired) electrons. The number of fused-ring (bicyclic) bond motifs is 1. The van der Waals surface area contributed by atoms with E-state index in [4.69, 9.17) is 4.74 Å². The van der Waals surface area contributed by atoms with E-state index in [1.165, 1.54) is 4.90 Å². The van der Waals surface area contributed by atoms with E-state index in [0.717, 1.165) is 5.56 Å². The zero-order chi connectivity index (χ0) is 14.7. The molecule has 0 aliphatic carbocycles. The summed E-state index contributed by atoms with van der Waals surface area (Å²) in [6, 6.07) is 17.6. The predicted molar refractivity (Wildman–Crippen MR) is 79.8 cm³/mol. The van der Waals surface area contributed by atoms with Crippen LogP contribution in [0.1, 0.15) is 5.56 Å². The molecular formula is C17H12N2O2. The Morgan fingerprint density at radius 3 is 2.57 bits per heavy atom. The van der Waals surface area contributed by atoms with E-state index < -0.39 is 12.1 Å². The Morgan fingerprint density at radius 2 is 1.81 bits per heavy atom. The third kappa shape index (κ3) is 2.49. The number of hydrogen-bond donors (Lipinski definition) is 0. The lowest BCUT2D eigenvalue weighted by molar-refractivity contribution is 0.207. The fourth-order valence-electron chi connectivity index (χ4n) is 2.23. The number of nitrogens with zero attached hydrogens (tertiary/aromatic N) is 2. The van der Waals surface area contributed by atoms with E-state index >= 15 is 0 Å². The van der Waals surface area contributed by atoms with Gasteiger partial charge in [-0.3, -0.25) is 4.90 Å². The summed E-state index contributed by atoms with van der Waals surface area (Å²) >= 11 is 0. The Bertz CT molecular complexity index is 732. The van der Waals surface area contributed by atoms with Crippen molar-refractivity contribution in [1.82, 2.24) is 0 Å². The number of amides is 1. The minimum absolute atomic E-state index is 0.450. The lowest BCUT2D eigenvalue weighted by atomic mass is 10.0. The standard InChI is InChI=1S/C17H12N2O2/c18-12-14-11-10-13-6-4-5-9-16(13)19(14)17(20)21-15-7-2-1-3-8-15/h1-11,14H. The third-order valence-corrected chi connectivity index (χ3v) is 3.21. The molecule has 1 aliphatic heterocycles. The molecule has 0 aromatic heterocycles. The van der Waals surface area contributed by atoms with E-state index in [-0.39, 0.29) is 0 Å². The van der Waals surface area contributed by atoms with Gasteiger partial charge in [-0.15, -0.1) is 0 Å². The second kappa shape index (κ2) is 5.51. The molecule has 0 saturated heterocycles. The van der Waals surface area contributed by atoms with Gasteiger partial charge in [0.1, 0.15) is 11.8 Å². The fraction of sp³-hybridized carbons (Fsp3) is 0.0588. The lowest BCUT2D eigenvalue weighted by Crippen LogP contribution is -2.42. The van der Waals surface area contributed by atoms with Gasteiger partial charge in [-0.1, -0.05) is 42.5 Å². The fourth-order valence-corrected chi connectivity index (χ4v) is 2.23. The molecule has 0 spiro atoms. The second-order valence-corrected chi connectivity index (χ2v) is 4.54. The first-order valence-electron chi connectivity index (χ1n) is 6.52. The number of hydrogen-bond acceptors (Lipinski definition) is 3. The average Bonchev–Trinajstić information content (AvgIpc) is 2.54. The number of rotatable bonds is 1. The number of carbonyl (C=O) groups excluding carboxylic acids is 1. The highest BCUT2D eigenvalue weighted by molar-refractivity contribution is 5.95. The summed E-state index contributed by atoms with van der Waals surface area (Å²) < 4.78 is 5.34. The number of carbonyl (C=O) groups is 1. The van der Waals surface area contributed by atoms with Crippen molar-refractivity contribution in [3.8, 4) is 11.8 Å². The van der Waals surface area contributed by atoms with Crippen molar-refractivity contribution in [3.63, 3.8) is 0 Å². The first-order chi connectivity index (χ1) is 10.3. The van der Waals surface area contributed by atoms with Gasteiger partial charge in [-0.05, 0) is 29.8 Å². The van der Waals surface area contributed by atoms with E-state index in [2.05, 4.69) is 6.07 Å². The van der Waals surface area contributed by atoms with E-state index in [1.807, 2.05) is 30.3 Å². The van der Waals surface area contributed by atoms with Gasteiger partial charge < -0.3 is 4.74 Å². The zero-order valence-electron chi connectivity index (χ0n) is 11.1. The monoisotopic (exact) mass is 276 g/mol. The smallest absolute Gasteiger partial charge is 0.410 e. The molecule has 4 nitrogen and oxygen atoms in total. The summed E-state index contributed by atoms with van der Waals surface area (Å²) in [6.07, 6.45) is 2.97. The zero-order valence-corrected chi connectivity index (χ0v) is 11.1. The van der Waals surface area contributed by atoms with Crippen molar-refractivity contribution in [2.45, 2.75) is 6.04 Å². The molecule has 0 N–H and O–H groups in total. The molecule has 3 rings (SSSR count). The van der Waals surface area contributed by atoms with Gasteiger partial charge in [-0.25, -0.2) is 4.79 Å². The van der Waals surface area contributed by atoms with Crippen LogP contribution in [0.4, 0.5) is 10.5 Å². The first-order valence-corrected chi connectivity index (χ1v) is 6.52. The molecule has 1 amide bonds. The van der Waals surface area contributed by atoms with Crippen LogP contribution in [-0.2, 0) is 0 Å². The van der Waals surface area contributed by atoms with Crippen molar-refractivity contribution in [2.75, 3.05) is 4.90 Å². The Labute approximate surface area is 122 Å². The molecule has 2 aromatic carbocycles.